The summed E-state index contributed by atoms with van der Waals surface area (Å²) in [6, 6.07) is -3.34. The second kappa shape index (κ2) is 8.38. The van der Waals surface area contributed by atoms with Gasteiger partial charge in [-0.15, -0.1) is 0 Å². The minimum Gasteiger partial charge on any atom is -0.480 e. The van der Waals surface area contributed by atoms with Gasteiger partial charge in [-0.25, -0.2) is 4.79 Å². The molecule has 0 bridgehead atoms. The van der Waals surface area contributed by atoms with E-state index < -0.39 is 41.6 Å². The quantitative estimate of drug-likeness (QED) is 0.304. The third-order valence-corrected chi connectivity index (χ3v) is 2.48. The van der Waals surface area contributed by atoms with E-state index in [1.165, 1.54) is 0 Å². The highest BCUT2D eigenvalue weighted by molar-refractivity contribution is 5.86. The molecule has 0 aromatic rings. The molecule has 19 heavy (non-hydrogen) atoms. The Morgan fingerprint density at radius 1 is 1.37 bits per heavy atom. The number of aliphatic hydroxyl groups is 2. The van der Waals surface area contributed by atoms with Crippen LogP contribution in [0.2, 0.25) is 0 Å². The van der Waals surface area contributed by atoms with Crippen LogP contribution in [0.1, 0.15) is 26.2 Å². The lowest BCUT2D eigenvalue weighted by Gasteiger charge is -2.18. The molecule has 110 valence electrons. The van der Waals surface area contributed by atoms with Crippen molar-refractivity contribution in [3.05, 3.63) is 10.1 Å². The van der Waals surface area contributed by atoms with Crippen molar-refractivity contribution in [2.75, 3.05) is 6.61 Å². The third-order valence-electron chi connectivity index (χ3n) is 2.48. The van der Waals surface area contributed by atoms with Crippen LogP contribution in [-0.2, 0) is 9.59 Å². The standard InChI is InChI=1S/C10H18N2O7/c1-2-3-7(14)8(12(18)19)9(15)11-6(4-5-13)10(16)17/h6-8,13-14H,2-5H2,1H3,(H,11,15)(H,16,17). The third kappa shape index (κ3) is 5.62. The summed E-state index contributed by atoms with van der Waals surface area (Å²) in [5, 5.41) is 39.6. The van der Waals surface area contributed by atoms with E-state index in [-0.39, 0.29) is 12.8 Å². The molecule has 0 radical (unpaired) electrons. The fraction of sp³-hybridized carbons (Fsp3) is 0.800. The first-order valence-electron chi connectivity index (χ1n) is 5.80. The SMILES string of the molecule is CCCC(O)C(C(=O)NC(CCO)C(=O)O)[N+](=O)[O-]. The lowest BCUT2D eigenvalue weighted by molar-refractivity contribution is -0.519. The van der Waals surface area contributed by atoms with Crippen molar-refractivity contribution in [2.24, 2.45) is 0 Å². The lowest BCUT2D eigenvalue weighted by atomic mass is 10.1. The second-order valence-corrected chi connectivity index (χ2v) is 4.00. The predicted molar refractivity (Wildman–Crippen MR) is 63.0 cm³/mol. The molecule has 0 saturated heterocycles. The molecule has 0 aliphatic carbocycles. The van der Waals surface area contributed by atoms with E-state index in [2.05, 4.69) is 0 Å². The van der Waals surface area contributed by atoms with Gasteiger partial charge in [0.1, 0.15) is 12.1 Å². The zero-order chi connectivity index (χ0) is 15.0. The van der Waals surface area contributed by atoms with Gasteiger partial charge < -0.3 is 20.6 Å². The molecule has 0 saturated carbocycles. The second-order valence-electron chi connectivity index (χ2n) is 4.00. The van der Waals surface area contributed by atoms with Gasteiger partial charge in [-0.1, -0.05) is 13.3 Å². The van der Waals surface area contributed by atoms with E-state index in [1.807, 2.05) is 5.32 Å². The number of carboxylic acids is 1. The average Bonchev–Trinajstić information content (AvgIpc) is 2.28. The summed E-state index contributed by atoms with van der Waals surface area (Å²) >= 11 is 0. The van der Waals surface area contributed by atoms with Crippen molar-refractivity contribution >= 4 is 11.9 Å². The van der Waals surface area contributed by atoms with Crippen LogP contribution in [0.4, 0.5) is 0 Å². The van der Waals surface area contributed by atoms with Crippen LogP contribution in [0, 0.1) is 10.1 Å². The van der Waals surface area contributed by atoms with Crippen LogP contribution in [0.15, 0.2) is 0 Å². The number of hydrogen-bond acceptors (Lipinski definition) is 6. The summed E-state index contributed by atoms with van der Waals surface area (Å²) in [5.41, 5.74) is 0. The predicted octanol–water partition coefficient (Wildman–Crippen LogP) is -1.26. The molecular weight excluding hydrogens is 260 g/mol. The molecule has 0 aromatic carbocycles. The number of hydrogen-bond donors (Lipinski definition) is 4. The Bertz CT molecular complexity index is 334. The summed E-state index contributed by atoms with van der Waals surface area (Å²) in [7, 11) is 0. The molecule has 0 spiro atoms. The Labute approximate surface area is 109 Å². The van der Waals surface area contributed by atoms with E-state index in [0.717, 1.165) is 0 Å². The van der Waals surface area contributed by atoms with Crippen molar-refractivity contribution in [3.63, 3.8) is 0 Å². The lowest BCUT2D eigenvalue weighted by Crippen LogP contribution is -2.52. The van der Waals surface area contributed by atoms with Crippen LogP contribution >= 0.6 is 0 Å². The van der Waals surface area contributed by atoms with E-state index in [1.54, 1.807) is 6.92 Å². The molecule has 0 fully saturated rings. The minimum atomic E-state index is -1.92. The zero-order valence-corrected chi connectivity index (χ0v) is 10.5. The Kier molecular flexibility index (Phi) is 7.61. The van der Waals surface area contributed by atoms with Gasteiger partial charge in [0.25, 0.3) is 5.91 Å². The summed E-state index contributed by atoms with van der Waals surface area (Å²) in [6.07, 6.45) is -1.26. The summed E-state index contributed by atoms with van der Waals surface area (Å²) in [6.45, 7) is 1.20. The highest BCUT2D eigenvalue weighted by Gasteiger charge is 2.38. The molecule has 3 atom stereocenters. The van der Waals surface area contributed by atoms with Crippen molar-refractivity contribution in [1.29, 1.82) is 0 Å². The number of rotatable bonds is 9. The maximum atomic E-state index is 11.6. The van der Waals surface area contributed by atoms with Gasteiger partial charge in [-0.2, -0.15) is 0 Å². The Morgan fingerprint density at radius 3 is 2.32 bits per heavy atom. The molecule has 0 rings (SSSR count). The minimum absolute atomic E-state index is 0.0524. The number of nitrogens with zero attached hydrogens (tertiary/aromatic N) is 1. The van der Waals surface area contributed by atoms with Crippen LogP contribution in [0.3, 0.4) is 0 Å². The molecule has 4 N–H and O–H groups in total. The molecule has 9 heteroatoms. The number of aliphatic hydroxyl groups excluding tert-OH is 2. The van der Waals surface area contributed by atoms with Crippen molar-refractivity contribution in [3.8, 4) is 0 Å². The average molecular weight is 278 g/mol. The van der Waals surface area contributed by atoms with Crippen LogP contribution in [0.25, 0.3) is 0 Å². The number of aliphatic carboxylic acids is 1. The van der Waals surface area contributed by atoms with Crippen molar-refractivity contribution in [1.82, 2.24) is 5.32 Å². The number of carbonyl (C=O) groups excluding carboxylic acids is 1. The van der Waals surface area contributed by atoms with Gasteiger partial charge in [-0.3, -0.25) is 14.9 Å². The molecule has 0 aliphatic rings. The van der Waals surface area contributed by atoms with Gasteiger partial charge in [0, 0.05) is 18.0 Å². The largest absolute Gasteiger partial charge is 0.480 e. The molecular formula is C10H18N2O7. The normalized spacial score (nSPS) is 15.3. The Hall–Kier alpha value is -1.74. The van der Waals surface area contributed by atoms with Gasteiger partial charge in [0.15, 0.2) is 0 Å². The zero-order valence-electron chi connectivity index (χ0n) is 10.5. The highest BCUT2D eigenvalue weighted by atomic mass is 16.6. The molecule has 1 amide bonds. The Balaban J connectivity index is 4.80. The first kappa shape index (κ1) is 17.3. The van der Waals surface area contributed by atoms with E-state index >= 15 is 0 Å². The Morgan fingerprint density at radius 2 is 1.95 bits per heavy atom. The van der Waals surface area contributed by atoms with Crippen LogP contribution in [0.5, 0.6) is 0 Å². The molecule has 0 aliphatic heterocycles. The van der Waals surface area contributed by atoms with Crippen LogP contribution < -0.4 is 5.32 Å². The van der Waals surface area contributed by atoms with Crippen LogP contribution in [-0.4, -0.2) is 56.9 Å². The van der Waals surface area contributed by atoms with Gasteiger partial charge >= 0.3 is 12.0 Å². The maximum Gasteiger partial charge on any atom is 0.326 e. The van der Waals surface area contributed by atoms with Gasteiger partial charge in [0.05, 0.1) is 0 Å². The highest BCUT2D eigenvalue weighted by Crippen LogP contribution is 2.07. The fourth-order valence-corrected chi connectivity index (χ4v) is 1.51. The summed E-state index contributed by atoms with van der Waals surface area (Å²) in [5.74, 6) is -2.58. The van der Waals surface area contributed by atoms with Gasteiger partial charge in [0.2, 0.25) is 0 Å². The molecule has 9 nitrogen and oxygen atoms in total. The number of amides is 1. The molecule has 0 aromatic heterocycles. The van der Waals surface area contributed by atoms with E-state index in [0.29, 0.717) is 6.42 Å². The van der Waals surface area contributed by atoms with Gasteiger partial charge in [-0.05, 0) is 6.42 Å². The first-order chi connectivity index (χ1) is 8.84. The monoisotopic (exact) mass is 278 g/mol. The number of carboxylic acid groups (broad SMARTS) is 1. The topological polar surface area (TPSA) is 150 Å². The van der Waals surface area contributed by atoms with Crippen molar-refractivity contribution < 1.29 is 29.8 Å². The number of nitro groups is 1. The van der Waals surface area contributed by atoms with E-state index in [4.69, 9.17) is 10.2 Å². The molecule has 0 heterocycles. The van der Waals surface area contributed by atoms with E-state index in [9.17, 15) is 24.8 Å². The first-order valence-corrected chi connectivity index (χ1v) is 5.80. The number of carbonyl (C=O) groups is 2. The smallest absolute Gasteiger partial charge is 0.326 e. The molecule has 3 unspecified atom stereocenters. The fourth-order valence-electron chi connectivity index (χ4n) is 1.51. The maximum absolute atomic E-state index is 11.6. The summed E-state index contributed by atoms with van der Waals surface area (Å²) < 4.78 is 0. The number of nitrogens with one attached hydrogen (secondary N) is 1. The summed E-state index contributed by atoms with van der Waals surface area (Å²) in [4.78, 5) is 32.2. The van der Waals surface area contributed by atoms with Crippen molar-refractivity contribution in [2.45, 2.75) is 44.4 Å².